The maximum atomic E-state index is 2.66. The van der Waals surface area contributed by atoms with Crippen molar-refractivity contribution in [3.05, 3.63) is 0 Å². The van der Waals surface area contributed by atoms with E-state index in [9.17, 15) is 0 Å². The first-order valence-electron chi connectivity index (χ1n) is 1.49. The Morgan fingerprint density at radius 3 is 1.60 bits per heavy atom. The van der Waals surface area contributed by atoms with Gasteiger partial charge < -0.3 is 13.8 Å². The summed E-state index contributed by atoms with van der Waals surface area (Å²) in [6.07, 6.45) is 0. The molecule has 0 amide bonds. The molecule has 0 rings (SSSR count). The maximum Gasteiger partial charge on any atom is -1.00 e. The van der Waals surface area contributed by atoms with E-state index in [2.05, 4.69) is 30.1 Å². The molecule has 0 atom stereocenters. The smallest absolute Gasteiger partial charge is 1.00 e. The van der Waals surface area contributed by atoms with Gasteiger partial charge in [0.25, 0.3) is 0 Å². The first-order chi connectivity index (χ1) is 1.73. The number of rotatable bonds is 0. The summed E-state index contributed by atoms with van der Waals surface area (Å²) in [5.41, 5.74) is 0. The summed E-state index contributed by atoms with van der Waals surface area (Å²) >= 11 is 2.66. The minimum atomic E-state index is 0. The molecule has 0 heterocycles. The maximum absolute atomic E-state index is 2.66. The van der Waals surface area contributed by atoms with Crippen LogP contribution in [0.2, 0.25) is 4.78 Å². The van der Waals surface area contributed by atoms with Gasteiger partial charge in [-0.05, 0) is 0 Å². The van der Waals surface area contributed by atoms with Crippen molar-refractivity contribution in [3.63, 3.8) is 0 Å². The third-order valence-corrected chi connectivity index (χ3v) is 0. The third kappa shape index (κ3) is 56.8. The molecule has 0 saturated carbocycles. The van der Waals surface area contributed by atoms with Crippen molar-refractivity contribution in [2.24, 2.45) is 0 Å². The zero-order chi connectivity index (χ0) is 3.58. The van der Waals surface area contributed by atoms with Gasteiger partial charge in [-0.25, -0.2) is 0 Å². The molecule has 0 nitrogen and oxygen atoms in total. The Bertz CT molecular complexity index is 15.5. The molecule has 0 aliphatic rings. The van der Waals surface area contributed by atoms with E-state index in [1.54, 1.807) is 0 Å². The van der Waals surface area contributed by atoms with E-state index in [1.807, 2.05) is 0 Å². The molecule has 0 aliphatic carbocycles. The largest absolute Gasteiger partial charge is 1.00 e. The molecule has 0 aliphatic heterocycles. The Hall–Kier alpha value is 0.822. The fourth-order valence-electron chi connectivity index (χ4n) is 0. The first kappa shape index (κ1) is 9.27. The second kappa shape index (κ2) is 4.82. The van der Waals surface area contributed by atoms with E-state index in [1.165, 1.54) is 0 Å². The normalized spacial score (nSPS) is 7.40. The average molecular weight is 107 g/mol. The Morgan fingerprint density at radius 2 is 1.60 bits per heavy atom. The van der Waals surface area contributed by atoms with Gasteiger partial charge in [-0.1, -0.05) is 0 Å². The first-order valence-corrected chi connectivity index (χ1v) is 2.15. The second-order valence-electron chi connectivity index (χ2n) is 1.24. The third-order valence-electron chi connectivity index (χ3n) is 0. The van der Waals surface area contributed by atoms with Crippen LogP contribution in [0.1, 0.15) is 15.3 Å². The van der Waals surface area contributed by atoms with Crippen molar-refractivity contribution in [3.8, 4) is 0 Å². The Labute approximate surface area is 49.3 Å². The van der Waals surface area contributed by atoms with E-state index >= 15 is 0 Å². The summed E-state index contributed by atoms with van der Waals surface area (Å²) in [7, 11) is 0. The monoisotopic (exact) mass is 106 g/mol. The molecule has 0 aromatic carbocycles. The van der Waals surface area contributed by atoms with Gasteiger partial charge in [-0.15, -0.1) is 0 Å². The van der Waals surface area contributed by atoms with Crippen LogP contribution < -0.4 is 12.4 Å². The zero-order valence-corrected chi connectivity index (χ0v) is 5.44. The zero-order valence-electron chi connectivity index (χ0n) is 4.53. The van der Waals surface area contributed by atoms with Crippen LogP contribution in [0.4, 0.5) is 0 Å². The summed E-state index contributed by atoms with van der Waals surface area (Å²) < 4.78 is 0.750. The van der Waals surface area contributed by atoms with Gasteiger partial charge in [0, 0.05) is 0 Å². The van der Waals surface area contributed by atoms with Gasteiger partial charge >= 0.3 is 34.9 Å². The van der Waals surface area contributed by atoms with E-state index in [0.29, 0.717) is 0 Å². The van der Waals surface area contributed by atoms with Crippen LogP contribution in [0.3, 0.4) is 0 Å². The van der Waals surface area contributed by atoms with Gasteiger partial charge in [-0.3, -0.25) is 0 Å². The Morgan fingerprint density at radius 1 is 1.60 bits per heavy atom. The molecular formula is C3H8AlCl. The van der Waals surface area contributed by atoms with Crippen LogP contribution in [0, 0.1) is 0 Å². The van der Waals surface area contributed by atoms with Gasteiger partial charge in [0.15, 0.2) is 0 Å². The van der Waals surface area contributed by atoms with Crippen molar-refractivity contribution >= 4 is 16.3 Å². The van der Waals surface area contributed by atoms with Crippen LogP contribution >= 0.6 is 0 Å². The Balaban J connectivity index is -0.0000000450. The fourth-order valence-corrected chi connectivity index (χ4v) is 0. The molecular weight excluding hydrogens is 98.5 g/mol. The van der Waals surface area contributed by atoms with Crippen molar-refractivity contribution in [1.29, 1.82) is 0 Å². The number of hydrogen-bond acceptors (Lipinski definition) is 0. The van der Waals surface area contributed by atoms with E-state index in [4.69, 9.17) is 0 Å². The predicted molar refractivity (Wildman–Crippen MR) is 22.0 cm³/mol. The molecule has 0 spiro atoms. The molecule has 0 unspecified atom stereocenters. The van der Waals surface area contributed by atoms with Gasteiger partial charge in [0.05, 0.1) is 0 Å². The van der Waals surface area contributed by atoms with Crippen molar-refractivity contribution in [2.45, 2.75) is 18.6 Å². The fraction of sp³-hybridized carbons (Fsp3) is 1.00. The molecule has 0 saturated heterocycles. The SMILES string of the molecule is C[CH](C)[Al+2].[Cl-].[H-]. The summed E-state index contributed by atoms with van der Waals surface area (Å²) in [5.74, 6) is 0. The molecule has 2 heteroatoms. The molecule has 0 bridgehead atoms. The summed E-state index contributed by atoms with van der Waals surface area (Å²) in [6, 6.07) is 0. The number of halogens is 1. The van der Waals surface area contributed by atoms with Crippen LogP contribution in [-0.4, -0.2) is 16.3 Å². The minimum absolute atomic E-state index is 0. The average Bonchev–Trinajstić information content (AvgIpc) is 0.811. The van der Waals surface area contributed by atoms with Crippen molar-refractivity contribution in [1.82, 2.24) is 0 Å². The Kier molecular flexibility index (Phi) is 8.94. The van der Waals surface area contributed by atoms with E-state index < -0.39 is 0 Å². The summed E-state index contributed by atoms with van der Waals surface area (Å²) in [6.45, 7) is 4.26. The molecule has 0 aromatic heterocycles. The quantitative estimate of drug-likeness (QED) is 0.317. The summed E-state index contributed by atoms with van der Waals surface area (Å²) in [5, 5.41) is 0. The standard InChI is InChI=1S/C3H7.Al.ClH.H/c1-3-2;;;/h3H,1-2H3;;1H;/q;+2;;-1/p-1. The number of hydrogen-bond donors (Lipinski definition) is 0. The van der Waals surface area contributed by atoms with Gasteiger partial charge in [-0.2, -0.15) is 0 Å². The minimum Gasteiger partial charge on any atom is -1.00 e. The van der Waals surface area contributed by atoms with E-state index in [-0.39, 0.29) is 13.8 Å². The van der Waals surface area contributed by atoms with Gasteiger partial charge in [0.2, 0.25) is 0 Å². The van der Waals surface area contributed by atoms with Crippen molar-refractivity contribution < 1.29 is 13.8 Å². The molecule has 0 fully saturated rings. The van der Waals surface area contributed by atoms with Gasteiger partial charge in [0.1, 0.15) is 0 Å². The van der Waals surface area contributed by atoms with Crippen LogP contribution in [0.5, 0.6) is 0 Å². The molecule has 0 aromatic rings. The summed E-state index contributed by atoms with van der Waals surface area (Å²) in [4.78, 5) is 0. The predicted octanol–water partition coefficient (Wildman–Crippen LogP) is -1.90. The van der Waals surface area contributed by atoms with Crippen molar-refractivity contribution in [2.75, 3.05) is 0 Å². The van der Waals surface area contributed by atoms with Crippen LogP contribution in [-0.2, 0) is 0 Å². The molecule has 30 valence electrons. The topological polar surface area (TPSA) is 0 Å². The second-order valence-corrected chi connectivity index (χ2v) is 2.58. The van der Waals surface area contributed by atoms with Crippen LogP contribution in [0.15, 0.2) is 0 Å². The van der Waals surface area contributed by atoms with E-state index in [0.717, 1.165) is 4.78 Å². The molecule has 5 heavy (non-hydrogen) atoms. The molecule has 0 N–H and O–H groups in total. The molecule has 0 radical (unpaired) electrons. The van der Waals surface area contributed by atoms with Crippen LogP contribution in [0.25, 0.3) is 0 Å².